The smallest absolute Gasteiger partial charge is 0.305 e. The van der Waals surface area contributed by atoms with Crippen molar-refractivity contribution in [2.75, 3.05) is 0 Å². The van der Waals surface area contributed by atoms with Gasteiger partial charge in [0.05, 0.1) is 22.0 Å². The first-order chi connectivity index (χ1) is 11.3. The minimum absolute atomic E-state index is 0.0526. The number of non-ortho nitro benzene ring substituents is 1. The van der Waals surface area contributed by atoms with E-state index in [1.54, 1.807) is 0 Å². The number of rotatable bonds is 5. The van der Waals surface area contributed by atoms with Crippen LogP contribution in [-0.2, 0) is 9.59 Å². The Balaban J connectivity index is 2.16. The van der Waals surface area contributed by atoms with Crippen LogP contribution in [0.25, 0.3) is 0 Å². The first-order valence-electron chi connectivity index (χ1n) is 6.25. The van der Waals surface area contributed by atoms with Crippen LogP contribution in [0.3, 0.4) is 0 Å². The molecule has 12 heteroatoms. The van der Waals surface area contributed by atoms with Gasteiger partial charge in [0.2, 0.25) is 5.91 Å². The second kappa shape index (κ2) is 7.40. The lowest BCUT2D eigenvalue weighted by Gasteiger charge is -2.01. The van der Waals surface area contributed by atoms with Gasteiger partial charge < -0.3 is 15.5 Å². The maximum Gasteiger partial charge on any atom is 0.305 e. The van der Waals surface area contributed by atoms with Gasteiger partial charge in [-0.15, -0.1) is 5.10 Å². The first-order valence-corrected chi connectivity index (χ1v) is 7.92. The van der Waals surface area contributed by atoms with Gasteiger partial charge in [-0.2, -0.15) is 5.10 Å². The van der Waals surface area contributed by atoms with E-state index < -0.39 is 22.0 Å². The summed E-state index contributed by atoms with van der Waals surface area (Å²) < 4.78 is 0.121. The molecule has 1 amide bonds. The molecule has 0 saturated carbocycles. The minimum atomic E-state index is -1.11. The van der Waals surface area contributed by atoms with Crippen molar-refractivity contribution in [2.24, 2.45) is 10.2 Å². The van der Waals surface area contributed by atoms with E-state index in [0.717, 1.165) is 30.1 Å². The normalized spacial score (nSPS) is 19.0. The zero-order valence-electron chi connectivity index (χ0n) is 11.7. The molecule has 1 aliphatic rings. The van der Waals surface area contributed by atoms with E-state index in [-0.39, 0.29) is 33.1 Å². The Bertz CT molecular complexity index is 781. The Hall–Kier alpha value is -2.47. The van der Waals surface area contributed by atoms with Gasteiger partial charge >= 0.3 is 5.97 Å². The van der Waals surface area contributed by atoms with Gasteiger partial charge in [-0.1, -0.05) is 11.8 Å². The van der Waals surface area contributed by atoms with Crippen molar-refractivity contribution in [3.63, 3.8) is 0 Å². The molecular formula is C12H9BrN4O6S. The number of aliphatic carboxylic acids is 1. The van der Waals surface area contributed by atoms with E-state index in [9.17, 15) is 24.8 Å². The maximum absolute atomic E-state index is 11.5. The number of hydrogen-bond donors (Lipinski definition) is 3. The topological polar surface area (TPSA) is 154 Å². The number of thioether (sulfide) groups is 1. The Kier molecular flexibility index (Phi) is 5.51. The molecule has 24 heavy (non-hydrogen) atoms. The van der Waals surface area contributed by atoms with Gasteiger partial charge in [0, 0.05) is 17.7 Å². The van der Waals surface area contributed by atoms with Gasteiger partial charge in [0.15, 0.2) is 5.17 Å². The molecule has 0 aliphatic carbocycles. The number of phenols is 1. The number of hydrogen-bond acceptors (Lipinski definition) is 8. The summed E-state index contributed by atoms with van der Waals surface area (Å²) in [6.07, 6.45) is 0.731. The maximum atomic E-state index is 11.5. The highest BCUT2D eigenvalue weighted by Gasteiger charge is 2.32. The fraction of sp³-hybridized carbons (Fsp3) is 0.167. The Morgan fingerprint density at radius 2 is 2.25 bits per heavy atom. The minimum Gasteiger partial charge on any atom is -0.506 e. The largest absolute Gasteiger partial charge is 0.506 e. The van der Waals surface area contributed by atoms with Crippen LogP contribution in [0.15, 0.2) is 26.8 Å². The highest BCUT2D eigenvalue weighted by atomic mass is 79.9. The van der Waals surface area contributed by atoms with Crippen LogP contribution in [0, 0.1) is 10.1 Å². The number of carbonyl (C=O) groups excluding carboxylic acids is 1. The number of amidine groups is 1. The van der Waals surface area contributed by atoms with Gasteiger partial charge in [0.25, 0.3) is 5.69 Å². The molecule has 0 radical (unpaired) electrons. The molecule has 0 spiro atoms. The summed E-state index contributed by atoms with van der Waals surface area (Å²) in [5.74, 6) is -1.85. The second-order valence-electron chi connectivity index (χ2n) is 4.47. The molecule has 1 unspecified atom stereocenters. The monoisotopic (exact) mass is 416 g/mol. The molecule has 1 aliphatic heterocycles. The average Bonchev–Trinajstić information content (AvgIpc) is 2.82. The molecule has 1 heterocycles. The van der Waals surface area contributed by atoms with Gasteiger partial charge in [-0.05, 0) is 15.9 Å². The van der Waals surface area contributed by atoms with Gasteiger partial charge in [0.1, 0.15) is 11.0 Å². The second-order valence-corrected chi connectivity index (χ2v) is 6.51. The van der Waals surface area contributed by atoms with Crippen molar-refractivity contribution in [3.05, 3.63) is 32.3 Å². The highest BCUT2D eigenvalue weighted by Crippen LogP contribution is 2.31. The third kappa shape index (κ3) is 4.29. The molecule has 1 aromatic carbocycles. The predicted molar refractivity (Wildman–Crippen MR) is 89.3 cm³/mol. The molecular weight excluding hydrogens is 408 g/mol. The number of amides is 1. The van der Waals surface area contributed by atoms with Crippen LogP contribution in [0.2, 0.25) is 0 Å². The van der Waals surface area contributed by atoms with Crippen LogP contribution >= 0.6 is 27.7 Å². The lowest BCUT2D eigenvalue weighted by Crippen LogP contribution is -2.26. The summed E-state index contributed by atoms with van der Waals surface area (Å²) in [6.45, 7) is 0. The third-order valence-corrected chi connectivity index (χ3v) is 4.45. The fourth-order valence-corrected chi connectivity index (χ4v) is 3.08. The third-order valence-electron chi connectivity index (χ3n) is 2.77. The summed E-state index contributed by atoms with van der Waals surface area (Å²) >= 11 is 3.91. The van der Waals surface area contributed by atoms with E-state index in [2.05, 4.69) is 31.4 Å². The summed E-state index contributed by atoms with van der Waals surface area (Å²) in [6, 6.07) is 2.25. The van der Waals surface area contributed by atoms with E-state index in [4.69, 9.17) is 5.11 Å². The van der Waals surface area contributed by atoms with Gasteiger partial charge in [-0.3, -0.25) is 19.7 Å². The standard InChI is InChI=1S/C12H9BrN4O6S/c13-7-2-6(17(22)23)1-5(10(7)20)4-14-16-12-15-11(21)8(24-12)3-9(18)19/h1-2,4,8,20H,3H2,(H,18,19)(H,15,16,21). The van der Waals surface area contributed by atoms with Crippen molar-refractivity contribution in [1.82, 2.24) is 5.32 Å². The number of halogens is 1. The number of carboxylic acid groups (broad SMARTS) is 1. The number of aromatic hydroxyl groups is 1. The molecule has 1 aromatic rings. The number of carboxylic acids is 1. The summed E-state index contributed by atoms with van der Waals surface area (Å²) in [5.41, 5.74) is -0.198. The Morgan fingerprint density at radius 3 is 2.88 bits per heavy atom. The van der Waals surface area contributed by atoms with Crippen molar-refractivity contribution in [3.8, 4) is 5.75 Å². The number of carbonyl (C=O) groups is 2. The fourth-order valence-electron chi connectivity index (χ4n) is 1.70. The SMILES string of the molecule is O=C(O)CC1SC(=NN=Cc2cc([N+](=O)[O-])cc(Br)c2O)NC1=O. The number of nitrogens with one attached hydrogen (secondary N) is 1. The molecule has 126 valence electrons. The van der Waals surface area contributed by atoms with Crippen LogP contribution in [0.5, 0.6) is 5.75 Å². The molecule has 1 saturated heterocycles. The summed E-state index contributed by atoms with van der Waals surface area (Å²) in [5, 5.41) is 38.3. The van der Waals surface area contributed by atoms with Crippen LogP contribution in [-0.4, -0.2) is 43.6 Å². The molecule has 0 bridgehead atoms. The summed E-state index contributed by atoms with van der Waals surface area (Å²) in [7, 11) is 0. The van der Waals surface area contributed by atoms with E-state index in [1.807, 2.05) is 0 Å². The quantitative estimate of drug-likeness (QED) is 0.372. The predicted octanol–water partition coefficient (Wildman–Crippen LogP) is 1.46. The average molecular weight is 417 g/mol. The molecule has 2 rings (SSSR count). The van der Waals surface area contributed by atoms with Crippen LogP contribution in [0.4, 0.5) is 5.69 Å². The van der Waals surface area contributed by atoms with Gasteiger partial charge in [-0.25, -0.2) is 0 Å². The van der Waals surface area contributed by atoms with E-state index in [0.29, 0.717) is 0 Å². The number of nitrogens with zero attached hydrogens (tertiary/aromatic N) is 3. The Labute approximate surface area is 146 Å². The molecule has 1 fully saturated rings. The van der Waals surface area contributed by atoms with Crippen molar-refractivity contribution in [2.45, 2.75) is 11.7 Å². The molecule has 1 atom stereocenters. The number of nitro benzene ring substituents is 1. The van der Waals surface area contributed by atoms with E-state index in [1.165, 1.54) is 0 Å². The number of nitro groups is 1. The lowest BCUT2D eigenvalue weighted by molar-refractivity contribution is -0.385. The van der Waals surface area contributed by atoms with Crippen LogP contribution in [0.1, 0.15) is 12.0 Å². The molecule has 10 nitrogen and oxygen atoms in total. The lowest BCUT2D eigenvalue weighted by atomic mass is 10.2. The molecule has 3 N–H and O–H groups in total. The van der Waals surface area contributed by atoms with Crippen molar-refractivity contribution in [1.29, 1.82) is 0 Å². The van der Waals surface area contributed by atoms with Crippen molar-refractivity contribution >= 4 is 56.6 Å². The van der Waals surface area contributed by atoms with Crippen molar-refractivity contribution < 1.29 is 24.7 Å². The highest BCUT2D eigenvalue weighted by molar-refractivity contribution is 9.10. The van der Waals surface area contributed by atoms with E-state index >= 15 is 0 Å². The number of benzene rings is 1. The summed E-state index contributed by atoms with van der Waals surface area (Å²) in [4.78, 5) is 32.3. The molecule has 0 aromatic heterocycles. The zero-order valence-corrected chi connectivity index (χ0v) is 14.1. The zero-order chi connectivity index (χ0) is 17.9. The Morgan fingerprint density at radius 1 is 1.54 bits per heavy atom. The van der Waals surface area contributed by atoms with Crippen LogP contribution < -0.4 is 5.32 Å². The number of phenolic OH excluding ortho intramolecular Hbond substituents is 1. The first kappa shape index (κ1) is 17.9.